The molecule has 7 heteroatoms. The molecule has 0 bridgehead atoms. The quantitative estimate of drug-likeness (QED) is 0.673. The van der Waals surface area contributed by atoms with Crippen LogP contribution in [-0.4, -0.2) is 44.5 Å². The van der Waals surface area contributed by atoms with Gasteiger partial charge in [0.15, 0.2) is 6.29 Å². The highest BCUT2D eigenvalue weighted by Crippen LogP contribution is 2.09. The third-order valence-electron chi connectivity index (χ3n) is 2.10. The predicted octanol–water partition coefficient (Wildman–Crippen LogP) is -0.00700. The van der Waals surface area contributed by atoms with Crippen LogP contribution < -0.4 is 11.1 Å². The van der Waals surface area contributed by atoms with Crippen LogP contribution in [0.5, 0.6) is 0 Å². The molecule has 17 heavy (non-hydrogen) atoms. The van der Waals surface area contributed by atoms with Gasteiger partial charge < -0.3 is 20.5 Å². The van der Waals surface area contributed by atoms with Gasteiger partial charge in [0.1, 0.15) is 5.69 Å². The third-order valence-corrected chi connectivity index (χ3v) is 3.01. The molecule has 0 aromatic carbocycles. The van der Waals surface area contributed by atoms with E-state index in [0.717, 1.165) is 5.01 Å². The topological polar surface area (TPSA) is 86.5 Å². The van der Waals surface area contributed by atoms with Gasteiger partial charge in [-0.2, -0.15) is 0 Å². The van der Waals surface area contributed by atoms with Crippen LogP contribution >= 0.6 is 11.3 Å². The van der Waals surface area contributed by atoms with Crippen molar-refractivity contribution >= 4 is 17.2 Å². The minimum Gasteiger partial charge on any atom is -0.354 e. The number of nitrogens with one attached hydrogen (secondary N) is 1. The second-order valence-electron chi connectivity index (χ2n) is 3.28. The summed E-state index contributed by atoms with van der Waals surface area (Å²) in [7, 11) is 3.03. The lowest BCUT2D eigenvalue weighted by Gasteiger charge is -2.13. The molecule has 0 aliphatic carbocycles. The highest BCUT2D eigenvalue weighted by molar-refractivity contribution is 7.09. The van der Waals surface area contributed by atoms with Crippen LogP contribution in [0.3, 0.4) is 0 Å². The lowest BCUT2D eigenvalue weighted by molar-refractivity contribution is -0.0974. The van der Waals surface area contributed by atoms with Gasteiger partial charge in [-0.05, 0) is 6.54 Å². The minimum absolute atomic E-state index is 0.233. The Bertz CT molecular complexity index is 352. The van der Waals surface area contributed by atoms with E-state index >= 15 is 0 Å². The molecule has 0 aliphatic rings. The average molecular weight is 259 g/mol. The average Bonchev–Trinajstić information content (AvgIpc) is 2.79. The van der Waals surface area contributed by atoms with Gasteiger partial charge in [-0.25, -0.2) is 4.98 Å². The first-order valence-electron chi connectivity index (χ1n) is 5.19. The Labute approximate surface area is 104 Å². The van der Waals surface area contributed by atoms with Crippen LogP contribution in [0.15, 0.2) is 5.38 Å². The molecule has 0 saturated heterocycles. The fourth-order valence-electron chi connectivity index (χ4n) is 1.18. The summed E-state index contributed by atoms with van der Waals surface area (Å²) in [6.45, 7) is 0.819. The van der Waals surface area contributed by atoms with Crippen molar-refractivity contribution < 1.29 is 14.3 Å². The molecular formula is C10H17N3O3S. The van der Waals surface area contributed by atoms with Crippen molar-refractivity contribution in [2.24, 2.45) is 5.73 Å². The molecule has 0 radical (unpaired) electrons. The van der Waals surface area contributed by atoms with Crippen molar-refractivity contribution in [1.82, 2.24) is 10.3 Å². The van der Waals surface area contributed by atoms with E-state index in [9.17, 15) is 4.79 Å². The number of thiazole rings is 1. The number of hydrogen-bond acceptors (Lipinski definition) is 6. The summed E-state index contributed by atoms with van der Waals surface area (Å²) in [6.07, 6.45) is 0.248. The van der Waals surface area contributed by atoms with Crippen LogP contribution in [0.2, 0.25) is 0 Å². The zero-order chi connectivity index (χ0) is 12.7. The molecule has 6 nitrogen and oxygen atoms in total. The maximum absolute atomic E-state index is 11.7. The number of ether oxygens (including phenoxy) is 2. The lowest BCUT2D eigenvalue weighted by Crippen LogP contribution is -2.34. The van der Waals surface area contributed by atoms with Crippen molar-refractivity contribution in [3.05, 3.63) is 16.1 Å². The molecule has 0 saturated carbocycles. The molecule has 0 atom stereocenters. The zero-order valence-electron chi connectivity index (χ0n) is 9.93. The molecule has 0 fully saturated rings. The number of methoxy groups -OCH3 is 2. The van der Waals surface area contributed by atoms with E-state index in [1.807, 2.05) is 0 Å². The molecule has 3 N–H and O–H groups in total. The molecule has 1 amide bonds. The number of aromatic nitrogens is 1. The van der Waals surface area contributed by atoms with E-state index in [4.69, 9.17) is 15.2 Å². The van der Waals surface area contributed by atoms with Crippen molar-refractivity contribution in [3.8, 4) is 0 Å². The maximum atomic E-state index is 11.7. The zero-order valence-corrected chi connectivity index (χ0v) is 10.8. The van der Waals surface area contributed by atoms with E-state index < -0.39 is 6.29 Å². The minimum atomic E-state index is -0.443. The van der Waals surface area contributed by atoms with Crippen LogP contribution in [0, 0.1) is 0 Å². The Balaban J connectivity index is 2.46. The molecule has 0 aliphatic heterocycles. The van der Waals surface area contributed by atoms with Crippen LogP contribution in [0.25, 0.3) is 0 Å². The summed E-state index contributed by atoms with van der Waals surface area (Å²) in [6, 6.07) is 0. The third kappa shape index (κ3) is 4.39. The van der Waals surface area contributed by atoms with Gasteiger partial charge in [-0.1, -0.05) is 0 Å². The Hall–Kier alpha value is -1.02. The van der Waals surface area contributed by atoms with Gasteiger partial charge >= 0.3 is 0 Å². The maximum Gasteiger partial charge on any atom is 0.270 e. The second-order valence-corrected chi connectivity index (χ2v) is 4.22. The number of carbonyl (C=O) groups excluding carboxylic acids is 1. The van der Waals surface area contributed by atoms with Crippen LogP contribution in [0.1, 0.15) is 15.5 Å². The van der Waals surface area contributed by atoms with Crippen molar-refractivity contribution in [3.63, 3.8) is 0 Å². The Kier molecular flexibility index (Phi) is 6.06. The number of hydrogen-bond donors (Lipinski definition) is 2. The van der Waals surface area contributed by atoms with Crippen LogP contribution in [0.4, 0.5) is 0 Å². The van der Waals surface area contributed by atoms with Gasteiger partial charge in [0.25, 0.3) is 5.91 Å². The Morgan fingerprint density at radius 1 is 1.59 bits per heavy atom. The van der Waals surface area contributed by atoms with Gasteiger partial charge in [0.05, 0.1) is 11.6 Å². The van der Waals surface area contributed by atoms with E-state index in [2.05, 4.69) is 10.3 Å². The van der Waals surface area contributed by atoms with Crippen molar-refractivity contribution in [2.75, 3.05) is 27.3 Å². The summed E-state index contributed by atoms with van der Waals surface area (Å²) in [4.78, 5) is 15.9. The summed E-state index contributed by atoms with van der Waals surface area (Å²) in [5.41, 5.74) is 5.82. The number of rotatable bonds is 7. The Morgan fingerprint density at radius 2 is 2.29 bits per heavy atom. The number of carbonyl (C=O) groups is 1. The summed E-state index contributed by atoms with van der Waals surface area (Å²) in [5, 5.41) is 5.27. The van der Waals surface area contributed by atoms with Gasteiger partial charge in [0.2, 0.25) is 0 Å². The highest BCUT2D eigenvalue weighted by Gasteiger charge is 2.12. The van der Waals surface area contributed by atoms with Crippen molar-refractivity contribution in [1.29, 1.82) is 0 Å². The molecular weight excluding hydrogens is 242 g/mol. The SMILES string of the molecule is COC(CNC(=O)c1csc(CCN)n1)OC. The van der Waals surface area contributed by atoms with E-state index in [1.165, 1.54) is 25.6 Å². The summed E-state index contributed by atoms with van der Waals surface area (Å²) < 4.78 is 9.92. The lowest BCUT2D eigenvalue weighted by atomic mass is 10.4. The molecule has 1 heterocycles. The monoisotopic (exact) mass is 259 g/mol. The van der Waals surface area contributed by atoms with E-state index in [1.54, 1.807) is 5.38 Å². The van der Waals surface area contributed by atoms with Crippen molar-refractivity contribution in [2.45, 2.75) is 12.7 Å². The summed E-state index contributed by atoms with van der Waals surface area (Å²) in [5.74, 6) is -0.233. The smallest absolute Gasteiger partial charge is 0.270 e. The molecule has 96 valence electrons. The normalized spacial score (nSPS) is 10.8. The summed E-state index contributed by atoms with van der Waals surface area (Å²) >= 11 is 1.43. The fraction of sp³-hybridized carbons (Fsp3) is 0.600. The fourth-order valence-corrected chi connectivity index (χ4v) is 1.98. The molecule has 0 spiro atoms. The second kappa shape index (κ2) is 7.33. The highest BCUT2D eigenvalue weighted by atomic mass is 32.1. The van der Waals surface area contributed by atoms with E-state index in [-0.39, 0.29) is 12.5 Å². The van der Waals surface area contributed by atoms with E-state index in [0.29, 0.717) is 18.7 Å². The molecule has 1 aromatic rings. The molecule has 1 aromatic heterocycles. The number of amides is 1. The Morgan fingerprint density at radius 3 is 2.88 bits per heavy atom. The van der Waals surface area contributed by atoms with Gasteiger partial charge in [-0.15, -0.1) is 11.3 Å². The molecule has 0 unspecified atom stereocenters. The van der Waals surface area contributed by atoms with Gasteiger partial charge in [-0.3, -0.25) is 4.79 Å². The standard InChI is InChI=1S/C10H17N3O3S/c1-15-9(16-2)5-12-10(14)7-6-17-8(13-7)3-4-11/h6,9H,3-5,11H2,1-2H3,(H,12,14). The first-order valence-corrected chi connectivity index (χ1v) is 6.07. The first kappa shape index (κ1) is 14.0. The number of nitrogens with zero attached hydrogens (tertiary/aromatic N) is 1. The van der Waals surface area contributed by atoms with Gasteiger partial charge in [0, 0.05) is 26.0 Å². The largest absolute Gasteiger partial charge is 0.354 e. The van der Waals surface area contributed by atoms with Crippen LogP contribution in [-0.2, 0) is 15.9 Å². The number of nitrogens with two attached hydrogens (primary N) is 1. The first-order chi connectivity index (χ1) is 8.21. The molecule has 1 rings (SSSR count). The predicted molar refractivity (Wildman–Crippen MR) is 65.0 cm³/mol.